The zero-order valence-electron chi connectivity index (χ0n) is 13.6. The van der Waals surface area contributed by atoms with Gasteiger partial charge in [0.15, 0.2) is 11.5 Å². The molecule has 0 aromatic heterocycles. The first-order valence-electron chi connectivity index (χ1n) is 6.91. The van der Waals surface area contributed by atoms with E-state index < -0.39 is 26.7 Å². The largest absolute Gasteiger partial charge is 0.616 e. The summed E-state index contributed by atoms with van der Waals surface area (Å²) < 4.78 is 57.0. The van der Waals surface area contributed by atoms with Crippen LogP contribution in [0.3, 0.4) is 0 Å². The summed E-state index contributed by atoms with van der Waals surface area (Å²) >= 11 is 0. The minimum Gasteiger partial charge on any atom is -0.616 e. The molecule has 0 radical (unpaired) electrons. The number of nitrogens with zero attached hydrogens (tertiary/aromatic N) is 1. The number of methoxy groups -OCH3 is 3. The Morgan fingerprint density at radius 3 is 2.24 bits per heavy atom. The van der Waals surface area contributed by atoms with Crippen LogP contribution < -0.4 is 5.11 Å². The molecule has 1 aliphatic rings. The van der Waals surface area contributed by atoms with Crippen molar-refractivity contribution in [1.29, 1.82) is 0 Å². The van der Waals surface area contributed by atoms with Crippen LogP contribution in [0, 0.1) is 5.82 Å². The summed E-state index contributed by atoms with van der Waals surface area (Å²) in [7, 11) is -0.583. The number of benzene rings is 1. The van der Waals surface area contributed by atoms with Crippen molar-refractivity contribution in [2.45, 2.75) is 4.90 Å². The van der Waals surface area contributed by atoms with Crippen LogP contribution >= 0.6 is 0 Å². The third-order valence-corrected chi connectivity index (χ3v) is 4.56. The molecule has 1 aromatic rings. The van der Waals surface area contributed by atoms with Crippen molar-refractivity contribution in [3.8, 4) is 0 Å². The van der Waals surface area contributed by atoms with Crippen molar-refractivity contribution < 1.29 is 32.1 Å². The Bertz CT molecular complexity index is 897. The van der Waals surface area contributed by atoms with E-state index in [-0.39, 0.29) is 22.8 Å². The summed E-state index contributed by atoms with van der Waals surface area (Å²) in [5.74, 6) is -1.45. The van der Waals surface area contributed by atoms with Gasteiger partial charge in [0.1, 0.15) is 10.7 Å². The number of ether oxygens (including phenoxy) is 3. The standard InChI is InChI=1S/C16H16FNO6S/c1-22-13-8-10(16(19)24-3)12(9-14(13)23-2)18-25(20,21)15-7-5-4-6-11(15)17/h4-9,19H,1-3H3/p-1. The number of rotatable bonds is 5. The Labute approximate surface area is 144 Å². The summed E-state index contributed by atoms with van der Waals surface area (Å²) in [6, 6.07) is 4.79. The van der Waals surface area contributed by atoms with Gasteiger partial charge in [-0.15, -0.1) is 0 Å². The van der Waals surface area contributed by atoms with Crippen molar-refractivity contribution in [3.05, 3.63) is 65.3 Å². The van der Waals surface area contributed by atoms with Crippen molar-refractivity contribution >= 4 is 15.7 Å². The van der Waals surface area contributed by atoms with Crippen LogP contribution in [-0.4, -0.2) is 35.5 Å². The van der Waals surface area contributed by atoms with Crippen LogP contribution in [-0.2, 0) is 24.2 Å². The minimum absolute atomic E-state index is 0.151. The molecule has 9 heteroatoms. The lowest BCUT2D eigenvalue weighted by Crippen LogP contribution is -2.19. The quantitative estimate of drug-likeness (QED) is 0.726. The van der Waals surface area contributed by atoms with Crippen LogP contribution in [0.4, 0.5) is 4.39 Å². The smallest absolute Gasteiger partial charge is 0.285 e. The van der Waals surface area contributed by atoms with E-state index in [2.05, 4.69) is 9.13 Å². The zero-order valence-corrected chi connectivity index (χ0v) is 14.5. The third kappa shape index (κ3) is 3.82. The molecule has 0 saturated heterocycles. The highest BCUT2D eigenvalue weighted by Gasteiger charge is 2.24. The van der Waals surface area contributed by atoms with Crippen LogP contribution in [0.2, 0.25) is 0 Å². The lowest BCUT2D eigenvalue weighted by Gasteiger charge is -2.20. The fourth-order valence-corrected chi connectivity index (χ4v) is 3.12. The van der Waals surface area contributed by atoms with Gasteiger partial charge in [0.05, 0.1) is 25.9 Å². The molecule has 25 heavy (non-hydrogen) atoms. The summed E-state index contributed by atoms with van der Waals surface area (Å²) in [4.78, 5) is -0.611. The van der Waals surface area contributed by atoms with Crippen molar-refractivity contribution in [3.63, 3.8) is 0 Å². The van der Waals surface area contributed by atoms with E-state index in [1.807, 2.05) is 0 Å². The van der Waals surface area contributed by atoms with Crippen molar-refractivity contribution in [1.82, 2.24) is 0 Å². The fourth-order valence-electron chi connectivity index (χ4n) is 2.05. The van der Waals surface area contributed by atoms with Gasteiger partial charge in [-0.25, -0.2) is 4.39 Å². The first kappa shape index (κ1) is 18.5. The maximum atomic E-state index is 13.8. The van der Waals surface area contributed by atoms with E-state index in [9.17, 15) is 17.9 Å². The molecular weight excluding hydrogens is 353 g/mol. The summed E-state index contributed by atoms with van der Waals surface area (Å²) in [6.07, 6.45) is 2.43. The van der Waals surface area contributed by atoms with Crippen LogP contribution in [0.25, 0.3) is 0 Å². The Morgan fingerprint density at radius 2 is 1.68 bits per heavy atom. The molecule has 0 amide bonds. The van der Waals surface area contributed by atoms with Gasteiger partial charge in [-0.05, 0) is 25.3 Å². The van der Waals surface area contributed by atoms with Crippen molar-refractivity contribution in [2.24, 2.45) is 4.40 Å². The normalized spacial score (nSPS) is 18.3. The second-order valence-corrected chi connectivity index (χ2v) is 6.29. The molecule has 0 heterocycles. The van der Waals surface area contributed by atoms with Gasteiger partial charge in [0, 0.05) is 11.6 Å². The summed E-state index contributed by atoms with van der Waals surface area (Å²) in [5.41, 5.74) is -0.423. The minimum atomic E-state index is -4.41. The highest BCUT2D eigenvalue weighted by Crippen LogP contribution is 2.25. The van der Waals surface area contributed by atoms with Crippen LogP contribution in [0.1, 0.15) is 0 Å². The predicted octanol–water partition coefficient (Wildman–Crippen LogP) is 1.25. The molecule has 0 unspecified atom stereocenters. The molecular formula is C16H15FNO6S-. The van der Waals surface area contributed by atoms with Gasteiger partial charge in [-0.3, -0.25) is 0 Å². The van der Waals surface area contributed by atoms with Crippen LogP contribution in [0.5, 0.6) is 0 Å². The molecule has 0 bridgehead atoms. The molecule has 7 nitrogen and oxygen atoms in total. The highest BCUT2D eigenvalue weighted by molar-refractivity contribution is 7.90. The SMILES string of the molecule is COC1=CC(=NS(=O)(=O)c2ccccc2F)C(=C([O-])OC)C=C1OC. The molecule has 0 fully saturated rings. The molecule has 134 valence electrons. The molecule has 1 aromatic carbocycles. The Hall–Kier alpha value is -2.81. The van der Waals surface area contributed by atoms with Gasteiger partial charge in [0.2, 0.25) is 0 Å². The number of halogens is 1. The fraction of sp³-hybridized carbons (Fsp3) is 0.188. The van der Waals surface area contributed by atoms with E-state index in [0.29, 0.717) is 0 Å². The number of hydrogen-bond acceptors (Lipinski definition) is 6. The Morgan fingerprint density at radius 1 is 1.08 bits per heavy atom. The average Bonchev–Trinajstić information content (AvgIpc) is 2.60. The monoisotopic (exact) mass is 368 g/mol. The van der Waals surface area contributed by atoms with E-state index in [1.54, 1.807) is 0 Å². The highest BCUT2D eigenvalue weighted by atomic mass is 32.2. The number of allylic oxidation sites excluding steroid dienone is 3. The van der Waals surface area contributed by atoms with Crippen LogP contribution in [0.15, 0.2) is 68.7 Å². The molecule has 0 N–H and O–H groups in total. The van der Waals surface area contributed by atoms with E-state index in [1.165, 1.54) is 38.5 Å². The van der Waals surface area contributed by atoms with E-state index in [0.717, 1.165) is 19.2 Å². The molecule has 0 saturated carbocycles. The topological polar surface area (TPSA) is 97.2 Å². The maximum absolute atomic E-state index is 13.8. The predicted molar refractivity (Wildman–Crippen MR) is 85.2 cm³/mol. The van der Waals surface area contributed by atoms with Gasteiger partial charge in [0.25, 0.3) is 10.0 Å². The van der Waals surface area contributed by atoms with E-state index >= 15 is 0 Å². The number of sulfonamides is 1. The molecule has 0 atom stereocenters. The van der Waals surface area contributed by atoms with E-state index in [4.69, 9.17) is 9.47 Å². The van der Waals surface area contributed by atoms with Gasteiger partial charge >= 0.3 is 0 Å². The first-order valence-corrected chi connectivity index (χ1v) is 8.35. The Kier molecular flexibility index (Phi) is 5.48. The molecule has 0 aliphatic heterocycles. The second kappa shape index (κ2) is 7.39. The molecule has 0 spiro atoms. The summed E-state index contributed by atoms with van der Waals surface area (Å²) in [5, 5.41) is 11.9. The van der Waals surface area contributed by atoms with Gasteiger partial charge < -0.3 is 19.3 Å². The molecule has 2 rings (SSSR count). The zero-order chi connectivity index (χ0) is 18.6. The average molecular weight is 368 g/mol. The second-order valence-electron chi connectivity index (χ2n) is 4.71. The lowest BCUT2D eigenvalue weighted by molar-refractivity contribution is -0.354. The van der Waals surface area contributed by atoms with Gasteiger partial charge in [-0.1, -0.05) is 12.1 Å². The molecule has 1 aliphatic carbocycles. The Balaban J connectivity index is 2.65. The van der Waals surface area contributed by atoms with Crippen molar-refractivity contribution in [2.75, 3.05) is 21.3 Å². The maximum Gasteiger partial charge on any atom is 0.285 e. The number of hydrogen-bond donors (Lipinski definition) is 0. The summed E-state index contributed by atoms with van der Waals surface area (Å²) in [6.45, 7) is 0. The van der Waals surface area contributed by atoms with Gasteiger partial charge in [-0.2, -0.15) is 12.8 Å². The third-order valence-electron chi connectivity index (χ3n) is 3.24. The first-order chi connectivity index (χ1) is 11.8. The lowest BCUT2D eigenvalue weighted by atomic mass is 10.0.